The molecular weight excluding hydrogens is 434 g/mol. The van der Waals surface area contributed by atoms with E-state index in [1.54, 1.807) is 20.3 Å². The fourth-order valence-corrected chi connectivity index (χ4v) is 4.05. The number of hydrogen-bond acceptors (Lipinski definition) is 5. The van der Waals surface area contributed by atoms with Gasteiger partial charge in [0, 0.05) is 17.5 Å². The minimum absolute atomic E-state index is 0.0119. The van der Waals surface area contributed by atoms with Crippen LogP contribution in [0.4, 0.5) is 5.82 Å². The lowest BCUT2D eigenvalue weighted by atomic mass is 9.97. The molecule has 1 atom stereocenters. The molecule has 0 aliphatic carbocycles. The van der Waals surface area contributed by atoms with Crippen molar-refractivity contribution in [3.05, 3.63) is 77.1 Å². The fraction of sp³-hybridized carbons (Fsp3) is 0.259. The number of nitrogens with zero attached hydrogens (tertiary/aromatic N) is 2. The second-order valence-corrected chi connectivity index (χ2v) is 8.67. The van der Waals surface area contributed by atoms with Gasteiger partial charge in [-0.2, -0.15) is 0 Å². The van der Waals surface area contributed by atoms with E-state index in [4.69, 9.17) is 21.1 Å². The van der Waals surface area contributed by atoms with E-state index in [1.165, 1.54) is 16.7 Å². The number of hydrogen-bond donors (Lipinski definition) is 1. The van der Waals surface area contributed by atoms with E-state index >= 15 is 0 Å². The van der Waals surface area contributed by atoms with E-state index in [2.05, 4.69) is 84.6 Å². The molecular formula is C27H28ClN3O2. The Morgan fingerprint density at radius 1 is 0.788 bits per heavy atom. The zero-order valence-corrected chi connectivity index (χ0v) is 20.3. The van der Waals surface area contributed by atoms with Crippen molar-refractivity contribution >= 4 is 28.3 Å². The molecule has 0 spiro atoms. The Morgan fingerprint density at radius 3 is 2.15 bits per heavy atom. The topological polar surface area (TPSA) is 56.3 Å². The van der Waals surface area contributed by atoms with Gasteiger partial charge in [-0.1, -0.05) is 56.3 Å². The van der Waals surface area contributed by atoms with Gasteiger partial charge in [0.2, 0.25) is 5.28 Å². The maximum absolute atomic E-state index is 6.23. The van der Waals surface area contributed by atoms with Gasteiger partial charge in [0.25, 0.3) is 0 Å². The Hall–Kier alpha value is -3.31. The van der Waals surface area contributed by atoms with E-state index in [-0.39, 0.29) is 11.3 Å². The van der Waals surface area contributed by atoms with Gasteiger partial charge in [-0.05, 0) is 58.8 Å². The summed E-state index contributed by atoms with van der Waals surface area (Å²) < 4.78 is 10.9. The number of halogens is 1. The van der Waals surface area contributed by atoms with Crippen molar-refractivity contribution in [1.29, 1.82) is 0 Å². The van der Waals surface area contributed by atoms with E-state index in [1.807, 2.05) is 6.07 Å². The van der Waals surface area contributed by atoms with Crippen LogP contribution in [0.1, 0.15) is 43.9 Å². The average molecular weight is 462 g/mol. The Bertz CT molecular complexity index is 1270. The summed E-state index contributed by atoms with van der Waals surface area (Å²) in [5.41, 5.74) is 5.53. The number of aromatic nitrogens is 2. The molecule has 5 nitrogen and oxygen atoms in total. The monoisotopic (exact) mass is 461 g/mol. The van der Waals surface area contributed by atoms with Gasteiger partial charge in [-0.3, -0.25) is 0 Å². The fourth-order valence-electron chi connectivity index (χ4n) is 3.87. The van der Waals surface area contributed by atoms with Gasteiger partial charge in [0.15, 0.2) is 11.5 Å². The van der Waals surface area contributed by atoms with Crippen LogP contribution < -0.4 is 14.8 Å². The van der Waals surface area contributed by atoms with Crippen LogP contribution >= 0.6 is 11.6 Å². The molecule has 0 amide bonds. The quantitative estimate of drug-likeness (QED) is 0.293. The lowest BCUT2D eigenvalue weighted by Gasteiger charge is -2.18. The molecule has 170 valence electrons. The summed E-state index contributed by atoms with van der Waals surface area (Å²) in [6.45, 7) is 6.51. The highest BCUT2D eigenvalue weighted by atomic mass is 35.5. The van der Waals surface area contributed by atoms with Gasteiger partial charge >= 0.3 is 0 Å². The van der Waals surface area contributed by atoms with E-state index in [0.29, 0.717) is 28.8 Å². The maximum Gasteiger partial charge on any atom is 0.224 e. The van der Waals surface area contributed by atoms with Crippen molar-refractivity contribution in [2.24, 2.45) is 0 Å². The lowest BCUT2D eigenvalue weighted by molar-refractivity contribution is 0.356. The molecule has 3 aromatic carbocycles. The summed E-state index contributed by atoms with van der Waals surface area (Å²) in [6, 6.07) is 21.0. The molecule has 6 heteroatoms. The van der Waals surface area contributed by atoms with Crippen LogP contribution in [0.15, 0.2) is 60.7 Å². The number of fused-ring (bicyclic) bond motifs is 1. The van der Waals surface area contributed by atoms with Crippen LogP contribution in [0.5, 0.6) is 11.5 Å². The lowest BCUT2D eigenvalue weighted by Crippen LogP contribution is -2.09. The van der Waals surface area contributed by atoms with Gasteiger partial charge in [0.05, 0.1) is 19.7 Å². The van der Waals surface area contributed by atoms with Crippen molar-refractivity contribution in [2.45, 2.75) is 32.7 Å². The highest BCUT2D eigenvalue weighted by Crippen LogP contribution is 2.36. The van der Waals surface area contributed by atoms with Gasteiger partial charge in [-0.25, -0.2) is 9.97 Å². The van der Waals surface area contributed by atoms with Crippen molar-refractivity contribution < 1.29 is 9.47 Å². The highest BCUT2D eigenvalue weighted by Gasteiger charge is 2.15. The Labute approximate surface area is 199 Å². The standard InChI is InChI=1S/C27H28ClN3O2/c1-16(2)18-9-11-19(12-10-18)21-8-6-7-20(13-21)17(3)29-26-22-14-24(32-4)25(33-5)15-23(22)30-27(28)31-26/h6-17H,1-5H3,(H,29,30,31). The van der Waals surface area contributed by atoms with Gasteiger partial charge in [0.1, 0.15) is 5.82 Å². The smallest absolute Gasteiger partial charge is 0.224 e. The zero-order chi connectivity index (χ0) is 23.5. The van der Waals surface area contributed by atoms with E-state index in [9.17, 15) is 0 Å². The van der Waals surface area contributed by atoms with Crippen molar-refractivity contribution in [3.8, 4) is 22.6 Å². The third-order valence-corrected chi connectivity index (χ3v) is 5.99. The summed E-state index contributed by atoms with van der Waals surface area (Å²) in [4.78, 5) is 8.80. The third kappa shape index (κ3) is 4.88. The average Bonchev–Trinajstić information content (AvgIpc) is 2.83. The first-order chi connectivity index (χ1) is 15.9. The van der Waals surface area contributed by atoms with Crippen LogP contribution in [0.2, 0.25) is 5.28 Å². The first-order valence-corrected chi connectivity index (χ1v) is 11.3. The molecule has 0 saturated carbocycles. The predicted octanol–water partition coefficient (Wildman–Crippen LogP) is 7.26. The molecule has 0 aliphatic heterocycles. The van der Waals surface area contributed by atoms with Crippen LogP contribution in [0, 0.1) is 0 Å². The van der Waals surface area contributed by atoms with Crippen molar-refractivity contribution in [3.63, 3.8) is 0 Å². The SMILES string of the molecule is COc1cc2nc(Cl)nc(NC(C)c3cccc(-c4ccc(C(C)C)cc4)c3)c2cc1OC. The summed E-state index contributed by atoms with van der Waals surface area (Å²) in [7, 11) is 3.20. The number of anilines is 1. The largest absolute Gasteiger partial charge is 0.493 e. The molecule has 0 aliphatic rings. The molecule has 0 fully saturated rings. The number of rotatable bonds is 7. The molecule has 4 rings (SSSR count). The number of ether oxygens (including phenoxy) is 2. The molecule has 1 aromatic heterocycles. The predicted molar refractivity (Wildman–Crippen MR) is 136 cm³/mol. The van der Waals surface area contributed by atoms with Crippen molar-refractivity contribution in [1.82, 2.24) is 9.97 Å². The molecule has 0 radical (unpaired) electrons. The Balaban J connectivity index is 1.66. The molecule has 1 N–H and O–H groups in total. The number of benzene rings is 3. The van der Waals surface area contributed by atoms with Crippen LogP contribution in [-0.2, 0) is 0 Å². The van der Waals surface area contributed by atoms with Crippen molar-refractivity contribution in [2.75, 3.05) is 19.5 Å². The minimum Gasteiger partial charge on any atom is -0.493 e. The molecule has 0 saturated heterocycles. The third-order valence-electron chi connectivity index (χ3n) is 5.82. The molecule has 0 bridgehead atoms. The summed E-state index contributed by atoms with van der Waals surface area (Å²) in [6.07, 6.45) is 0. The Kier molecular flexibility index (Phi) is 6.70. The van der Waals surface area contributed by atoms with E-state index < -0.39 is 0 Å². The Morgan fingerprint density at radius 2 is 1.48 bits per heavy atom. The highest BCUT2D eigenvalue weighted by molar-refractivity contribution is 6.28. The summed E-state index contributed by atoms with van der Waals surface area (Å²) in [5.74, 6) is 2.36. The van der Waals surface area contributed by atoms with Crippen LogP contribution in [0.25, 0.3) is 22.0 Å². The first kappa shape index (κ1) is 22.9. The van der Waals surface area contributed by atoms with Gasteiger partial charge < -0.3 is 14.8 Å². The maximum atomic E-state index is 6.23. The minimum atomic E-state index is -0.0119. The summed E-state index contributed by atoms with van der Waals surface area (Å²) >= 11 is 6.23. The summed E-state index contributed by atoms with van der Waals surface area (Å²) in [5, 5.41) is 4.48. The first-order valence-electron chi connectivity index (χ1n) is 11.0. The zero-order valence-electron chi connectivity index (χ0n) is 19.5. The van der Waals surface area contributed by atoms with Gasteiger partial charge in [-0.15, -0.1) is 0 Å². The molecule has 4 aromatic rings. The molecule has 33 heavy (non-hydrogen) atoms. The molecule has 1 heterocycles. The second-order valence-electron chi connectivity index (χ2n) is 8.33. The van der Waals surface area contributed by atoms with Crippen LogP contribution in [0.3, 0.4) is 0 Å². The second kappa shape index (κ2) is 9.67. The number of nitrogens with one attached hydrogen (secondary N) is 1. The number of methoxy groups -OCH3 is 2. The van der Waals surface area contributed by atoms with E-state index in [0.717, 1.165) is 10.9 Å². The van der Waals surface area contributed by atoms with Crippen LogP contribution in [-0.4, -0.2) is 24.2 Å². The normalized spacial score (nSPS) is 12.1. The molecule has 1 unspecified atom stereocenters.